The number of fused-ring (bicyclic) bond motifs is 3. The highest BCUT2D eigenvalue weighted by molar-refractivity contribution is 6.30. The molecular formula is C25H18ClNO2. The van der Waals surface area contributed by atoms with Crippen molar-refractivity contribution in [2.45, 2.75) is 12.8 Å². The van der Waals surface area contributed by atoms with E-state index in [4.69, 9.17) is 16.4 Å². The van der Waals surface area contributed by atoms with E-state index < -0.39 is 0 Å². The van der Waals surface area contributed by atoms with Gasteiger partial charge in [0.15, 0.2) is 0 Å². The molecule has 142 valence electrons. The third-order valence-electron chi connectivity index (χ3n) is 5.32. The summed E-state index contributed by atoms with van der Waals surface area (Å²) in [5, 5.41) is 0.670. The van der Waals surface area contributed by atoms with Crippen LogP contribution in [0.5, 0.6) is 0 Å². The van der Waals surface area contributed by atoms with Gasteiger partial charge >= 0.3 is 5.97 Å². The van der Waals surface area contributed by atoms with Crippen LogP contribution in [0.3, 0.4) is 0 Å². The maximum Gasteiger partial charge on any atom is 0.363 e. The van der Waals surface area contributed by atoms with E-state index in [1.165, 1.54) is 11.1 Å². The van der Waals surface area contributed by atoms with Crippen LogP contribution >= 0.6 is 11.6 Å². The summed E-state index contributed by atoms with van der Waals surface area (Å²) < 4.78 is 1.70. The zero-order valence-electron chi connectivity index (χ0n) is 15.6. The summed E-state index contributed by atoms with van der Waals surface area (Å²) in [5.41, 5.74) is 6.94. The standard InChI is InChI=1S/C25H18ClNO2/c26-20-13-10-18(11-14-20)24-16-22-21-9-5-4-6-17(21)12-15-23(22)27(24)29-25(28)19-7-2-1-3-8-19/h1-11,13-14,16H,12,15H2. The number of carbonyl (C=O) groups excluding carboxylic acids is 1. The van der Waals surface area contributed by atoms with E-state index in [9.17, 15) is 4.79 Å². The molecule has 29 heavy (non-hydrogen) atoms. The van der Waals surface area contributed by atoms with Crippen LogP contribution in [0.2, 0.25) is 5.02 Å². The monoisotopic (exact) mass is 399 g/mol. The molecule has 4 heteroatoms. The first-order valence-electron chi connectivity index (χ1n) is 9.57. The minimum atomic E-state index is -0.377. The number of hydrogen-bond acceptors (Lipinski definition) is 2. The van der Waals surface area contributed by atoms with Gasteiger partial charge in [-0.25, -0.2) is 4.79 Å². The van der Waals surface area contributed by atoms with Gasteiger partial charge < -0.3 is 4.84 Å². The van der Waals surface area contributed by atoms with E-state index in [1.54, 1.807) is 16.9 Å². The molecule has 1 heterocycles. The third kappa shape index (κ3) is 3.24. The molecular weight excluding hydrogens is 382 g/mol. The van der Waals surface area contributed by atoms with Crippen LogP contribution in [0, 0.1) is 0 Å². The average molecular weight is 400 g/mol. The van der Waals surface area contributed by atoms with Crippen LogP contribution in [0.1, 0.15) is 21.6 Å². The second-order valence-electron chi connectivity index (χ2n) is 7.09. The van der Waals surface area contributed by atoms with Crippen molar-refractivity contribution in [2.24, 2.45) is 0 Å². The van der Waals surface area contributed by atoms with Gasteiger partial charge in [-0.3, -0.25) is 0 Å². The summed E-state index contributed by atoms with van der Waals surface area (Å²) >= 11 is 6.08. The van der Waals surface area contributed by atoms with E-state index >= 15 is 0 Å². The van der Waals surface area contributed by atoms with Crippen molar-refractivity contribution in [2.75, 3.05) is 0 Å². The molecule has 0 radical (unpaired) electrons. The minimum Gasteiger partial charge on any atom is -0.331 e. The SMILES string of the molecule is O=C(On1c(-c2ccc(Cl)cc2)cc2c1CCc1ccccc1-2)c1ccccc1. The fourth-order valence-electron chi connectivity index (χ4n) is 3.89. The summed E-state index contributed by atoms with van der Waals surface area (Å²) in [6.07, 6.45) is 1.72. The molecule has 0 saturated carbocycles. The molecule has 0 atom stereocenters. The molecule has 0 bridgehead atoms. The molecule has 1 aliphatic rings. The highest BCUT2D eigenvalue weighted by Gasteiger charge is 2.25. The van der Waals surface area contributed by atoms with E-state index in [2.05, 4.69) is 24.3 Å². The fraction of sp³-hybridized carbons (Fsp3) is 0.0800. The van der Waals surface area contributed by atoms with E-state index in [0.717, 1.165) is 35.4 Å². The molecule has 5 rings (SSSR count). The number of benzene rings is 3. The topological polar surface area (TPSA) is 31.2 Å². The van der Waals surface area contributed by atoms with E-state index in [1.807, 2.05) is 48.5 Å². The highest BCUT2D eigenvalue weighted by Crippen LogP contribution is 2.38. The summed E-state index contributed by atoms with van der Waals surface area (Å²) in [7, 11) is 0. The smallest absolute Gasteiger partial charge is 0.331 e. The Labute approximate surface area is 174 Å². The van der Waals surface area contributed by atoms with Crippen molar-refractivity contribution in [1.82, 2.24) is 4.73 Å². The molecule has 0 spiro atoms. The summed E-state index contributed by atoms with van der Waals surface area (Å²) in [6.45, 7) is 0. The first-order chi connectivity index (χ1) is 14.2. The molecule has 0 unspecified atom stereocenters. The fourth-order valence-corrected chi connectivity index (χ4v) is 4.02. The number of halogens is 1. The largest absolute Gasteiger partial charge is 0.363 e. The Kier molecular flexibility index (Phi) is 4.45. The maximum atomic E-state index is 12.8. The van der Waals surface area contributed by atoms with Crippen molar-refractivity contribution in [3.8, 4) is 22.4 Å². The van der Waals surface area contributed by atoms with E-state index in [0.29, 0.717) is 10.6 Å². The van der Waals surface area contributed by atoms with Gasteiger partial charge in [-0.05, 0) is 54.3 Å². The van der Waals surface area contributed by atoms with Crippen molar-refractivity contribution >= 4 is 17.6 Å². The summed E-state index contributed by atoms with van der Waals surface area (Å²) in [5.74, 6) is -0.377. The number of carbonyl (C=O) groups is 1. The van der Waals surface area contributed by atoms with Gasteiger partial charge in [0.2, 0.25) is 0 Å². The summed E-state index contributed by atoms with van der Waals surface area (Å²) in [4.78, 5) is 18.7. The quantitative estimate of drug-likeness (QED) is 0.433. The third-order valence-corrected chi connectivity index (χ3v) is 5.57. The Balaban J connectivity index is 1.65. The lowest BCUT2D eigenvalue weighted by Gasteiger charge is -2.19. The van der Waals surface area contributed by atoms with Crippen molar-refractivity contribution in [3.63, 3.8) is 0 Å². The van der Waals surface area contributed by atoms with Gasteiger partial charge in [-0.1, -0.05) is 66.2 Å². The van der Waals surface area contributed by atoms with Gasteiger partial charge in [0.1, 0.15) is 0 Å². The van der Waals surface area contributed by atoms with E-state index in [-0.39, 0.29) is 5.97 Å². The Bertz CT molecular complexity index is 1190. The molecule has 1 aromatic heterocycles. The first kappa shape index (κ1) is 17.8. The van der Waals surface area contributed by atoms with Crippen LogP contribution < -0.4 is 4.84 Å². The van der Waals surface area contributed by atoms with Gasteiger partial charge in [-0.2, -0.15) is 4.73 Å². The predicted molar refractivity (Wildman–Crippen MR) is 115 cm³/mol. The highest BCUT2D eigenvalue weighted by atomic mass is 35.5. The van der Waals surface area contributed by atoms with Crippen molar-refractivity contribution in [3.05, 3.63) is 107 Å². The van der Waals surface area contributed by atoms with Gasteiger partial charge in [0, 0.05) is 16.1 Å². The maximum absolute atomic E-state index is 12.8. The Morgan fingerprint density at radius 2 is 1.55 bits per heavy atom. The molecule has 4 aromatic rings. The molecule has 3 nitrogen and oxygen atoms in total. The van der Waals surface area contributed by atoms with Crippen LogP contribution in [-0.4, -0.2) is 10.7 Å². The Morgan fingerprint density at radius 3 is 2.34 bits per heavy atom. The number of rotatable bonds is 3. The lowest BCUT2D eigenvalue weighted by Crippen LogP contribution is -2.23. The molecule has 0 N–H and O–H groups in total. The second kappa shape index (κ2) is 7.26. The normalized spacial score (nSPS) is 12.2. The molecule has 0 fully saturated rings. The minimum absolute atomic E-state index is 0.377. The zero-order valence-corrected chi connectivity index (χ0v) is 16.4. The number of hydrogen-bond donors (Lipinski definition) is 0. The van der Waals surface area contributed by atoms with Crippen molar-refractivity contribution < 1.29 is 9.63 Å². The first-order valence-corrected chi connectivity index (χ1v) is 9.95. The molecule has 0 saturated heterocycles. The Hall–Kier alpha value is -3.30. The molecule has 0 aliphatic heterocycles. The van der Waals surface area contributed by atoms with Gasteiger partial charge in [0.05, 0.1) is 17.0 Å². The van der Waals surface area contributed by atoms with Crippen LogP contribution in [0.4, 0.5) is 0 Å². The zero-order chi connectivity index (χ0) is 19.8. The molecule has 0 amide bonds. The number of nitrogens with zero attached hydrogens (tertiary/aromatic N) is 1. The van der Waals surface area contributed by atoms with Crippen LogP contribution in [-0.2, 0) is 12.8 Å². The Morgan fingerprint density at radius 1 is 0.828 bits per heavy atom. The van der Waals surface area contributed by atoms with Crippen molar-refractivity contribution in [1.29, 1.82) is 0 Å². The van der Waals surface area contributed by atoms with Crippen LogP contribution in [0.25, 0.3) is 22.4 Å². The van der Waals surface area contributed by atoms with Gasteiger partial charge in [0.25, 0.3) is 0 Å². The summed E-state index contributed by atoms with van der Waals surface area (Å²) in [6, 6.07) is 27.2. The second-order valence-corrected chi connectivity index (χ2v) is 7.53. The van der Waals surface area contributed by atoms with Gasteiger partial charge in [-0.15, -0.1) is 0 Å². The predicted octanol–water partition coefficient (Wildman–Crippen LogP) is 5.84. The number of aryl methyl sites for hydroxylation is 1. The van der Waals surface area contributed by atoms with Crippen LogP contribution in [0.15, 0.2) is 84.9 Å². The number of aromatic nitrogens is 1. The average Bonchev–Trinajstić information content (AvgIpc) is 3.13. The lowest BCUT2D eigenvalue weighted by atomic mass is 9.90. The lowest BCUT2D eigenvalue weighted by molar-refractivity contribution is 0.0458. The molecule has 3 aromatic carbocycles. The molecule has 1 aliphatic carbocycles.